The lowest BCUT2D eigenvalue weighted by molar-refractivity contribution is -0.127. The summed E-state index contributed by atoms with van der Waals surface area (Å²) in [4.78, 5) is 27.6. The Bertz CT molecular complexity index is 1020. The van der Waals surface area contributed by atoms with E-state index in [1.165, 1.54) is 0 Å². The molecule has 1 fully saturated rings. The maximum absolute atomic E-state index is 12.5. The second-order valence-corrected chi connectivity index (χ2v) is 7.53. The Morgan fingerprint density at radius 3 is 3.07 bits per heavy atom. The van der Waals surface area contributed by atoms with Gasteiger partial charge in [-0.1, -0.05) is 6.07 Å². The maximum atomic E-state index is 12.5. The summed E-state index contributed by atoms with van der Waals surface area (Å²) in [6, 6.07) is 9.51. The Hall–Kier alpha value is -3.48. The van der Waals surface area contributed by atoms with Gasteiger partial charge in [-0.25, -0.2) is 15.0 Å². The van der Waals surface area contributed by atoms with Crippen LogP contribution in [0.25, 0.3) is 6.08 Å². The van der Waals surface area contributed by atoms with E-state index < -0.39 is 0 Å². The van der Waals surface area contributed by atoms with E-state index in [0.29, 0.717) is 11.7 Å². The number of aryl methyl sites for hydroxylation is 1. The van der Waals surface area contributed by atoms with Crippen molar-refractivity contribution < 1.29 is 9.21 Å². The zero-order valence-corrected chi connectivity index (χ0v) is 17.0. The van der Waals surface area contributed by atoms with Gasteiger partial charge in [-0.05, 0) is 61.9 Å². The zero-order valence-electron chi connectivity index (χ0n) is 17.0. The average molecular weight is 403 g/mol. The van der Waals surface area contributed by atoms with Crippen molar-refractivity contribution in [1.29, 1.82) is 0 Å². The second-order valence-electron chi connectivity index (χ2n) is 7.53. The lowest BCUT2D eigenvalue weighted by atomic mass is 9.93. The van der Waals surface area contributed by atoms with E-state index in [1.54, 1.807) is 37.0 Å². The van der Waals surface area contributed by atoms with Gasteiger partial charge in [0.05, 0.1) is 6.26 Å². The summed E-state index contributed by atoms with van der Waals surface area (Å²) in [6.07, 6.45) is 11.1. The number of piperidine rings is 1. The van der Waals surface area contributed by atoms with E-state index in [-0.39, 0.29) is 5.91 Å². The molecule has 0 saturated carbocycles. The minimum Gasteiger partial charge on any atom is -0.465 e. The standard InChI is InChI=1S/C23H25N5O2/c1-17-5-2-10-24-23(17)27-21-14-19(25-16-26-21)13-18-6-3-11-28(15-18)22(29)9-8-20-7-4-12-30-20/h2,4-5,7-10,12,14,16,18H,3,6,11,13,15H2,1H3,(H,24,25,26,27)/b9-8+/t18-/m1/s1. The molecule has 0 aliphatic carbocycles. The van der Waals surface area contributed by atoms with Crippen molar-refractivity contribution >= 4 is 23.6 Å². The maximum Gasteiger partial charge on any atom is 0.246 e. The van der Waals surface area contributed by atoms with Crippen LogP contribution in [0.3, 0.4) is 0 Å². The highest BCUT2D eigenvalue weighted by atomic mass is 16.3. The molecular weight excluding hydrogens is 378 g/mol. The number of furan rings is 1. The van der Waals surface area contributed by atoms with Gasteiger partial charge in [-0.15, -0.1) is 0 Å². The van der Waals surface area contributed by atoms with Crippen molar-refractivity contribution in [3.05, 3.63) is 72.2 Å². The number of aromatic nitrogens is 3. The summed E-state index contributed by atoms with van der Waals surface area (Å²) in [5.74, 6) is 2.60. The third kappa shape index (κ3) is 5.11. The summed E-state index contributed by atoms with van der Waals surface area (Å²) < 4.78 is 5.25. The van der Waals surface area contributed by atoms with E-state index in [4.69, 9.17) is 4.42 Å². The molecule has 3 aromatic heterocycles. The SMILES string of the molecule is Cc1cccnc1Nc1cc(C[C@H]2CCCN(C(=O)/C=C/c3ccco3)C2)ncn1. The van der Waals surface area contributed by atoms with Crippen molar-refractivity contribution in [2.24, 2.45) is 5.92 Å². The normalized spacial score (nSPS) is 16.7. The van der Waals surface area contributed by atoms with Gasteiger partial charge in [-0.3, -0.25) is 4.79 Å². The topological polar surface area (TPSA) is 84.2 Å². The van der Waals surface area contributed by atoms with Crippen molar-refractivity contribution in [3.8, 4) is 0 Å². The number of anilines is 2. The van der Waals surface area contributed by atoms with Crippen LogP contribution in [0.5, 0.6) is 0 Å². The molecule has 4 heterocycles. The predicted octanol–water partition coefficient (Wildman–Crippen LogP) is 4.01. The molecule has 0 spiro atoms. The molecule has 4 rings (SSSR count). The van der Waals surface area contributed by atoms with Crippen molar-refractivity contribution in [3.63, 3.8) is 0 Å². The number of rotatable bonds is 6. The van der Waals surface area contributed by atoms with Gasteiger partial charge in [0, 0.05) is 37.1 Å². The molecule has 0 bridgehead atoms. The van der Waals surface area contributed by atoms with Crippen molar-refractivity contribution in [1.82, 2.24) is 19.9 Å². The largest absolute Gasteiger partial charge is 0.465 e. The molecule has 1 N–H and O–H groups in total. The van der Waals surface area contributed by atoms with Gasteiger partial charge >= 0.3 is 0 Å². The minimum atomic E-state index is 0.0202. The van der Waals surface area contributed by atoms with Gasteiger partial charge in [0.1, 0.15) is 23.7 Å². The van der Waals surface area contributed by atoms with Crippen LogP contribution >= 0.6 is 0 Å². The lowest BCUT2D eigenvalue weighted by Gasteiger charge is -2.32. The zero-order chi connectivity index (χ0) is 20.8. The molecule has 1 aliphatic rings. The first-order chi connectivity index (χ1) is 14.7. The van der Waals surface area contributed by atoms with Gasteiger partial charge in [-0.2, -0.15) is 0 Å². The third-order valence-electron chi connectivity index (χ3n) is 5.24. The Morgan fingerprint density at radius 2 is 2.23 bits per heavy atom. The first-order valence-corrected chi connectivity index (χ1v) is 10.2. The van der Waals surface area contributed by atoms with Gasteiger partial charge in [0.2, 0.25) is 5.91 Å². The second kappa shape index (κ2) is 9.35. The van der Waals surface area contributed by atoms with Gasteiger partial charge in [0.15, 0.2) is 0 Å². The Kier molecular flexibility index (Phi) is 6.17. The fourth-order valence-electron chi connectivity index (χ4n) is 3.69. The monoisotopic (exact) mass is 403 g/mol. The smallest absolute Gasteiger partial charge is 0.246 e. The number of likely N-dealkylation sites (tertiary alicyclic amines) is 1. The summed E-state index contributed by atoms with van der Waals surface area (Å²) in [6.45, 7) is 3.52. The number of amides is 1. The van der Waals surface area contributed by atoms with E-state index in [9.17, 15) is 4.79 Å². The van der Waals surface area contributed by atoms with Crippen LogP contribution in [0, 0.1) is 12.8 Å². The summed E-state index contributed by atoms with van der Waals surface area (Å²) in [7, 11) is 0. The molecule has 1 saturated heterocycles. The Balaban J connectivity index is 1.37. The van der Waals surface area contributed by atoms with E-state index in [1.807, 2.05) is 36.1 Å². The van der Waals surface area contributed by atoms with Gasteiger partial charge < -0.3 is 14.6 Å². The molecule has 1 atom stereocenters. The first-order valence-electron chi connectivity index (χ1n) is 10.2. The number of hydrogen-bond donors (Lipinski definition) is 1. The minimum absolute atomic E-state index is 0.0202. The molecule has 7 heteroatoms. The Labute approximate surface area is 175 Å². The quantitative estimate of drug-likeness (QED) is 0.626. The van der Waals surface area contributed by atoms with Crippen LogP contribution in [-0.4, -0.2) is 38.8 Å². The highest BCUT2D eigenvalue weighted by molar-refractivity contribution is 5.91. The average Bonchev–Trinajstić information content (AvgIpc) is 3.28. The number of nitrogens with zero attached hydrogens (tertiary/aromatic N) is 4. The Morgan fingerprint density at radius 1 is 1.30 bits per heavy atom. The van der Waals surface area contributed by atoms with Crippen LogP contribution in [0.1, 0.15) is 29.9 Å². The molecule has 0 radical (unpaired) electrons. The predicted molar refractivity (Wildman–Crippen MR) is 115 cm³/mol. The van der Waals surface area contributed by atoms with Crippen molar-refractivity contribution in [2.75, 3.05) is 18.4 Å². The number of pyridine rings is 1. The highest BCUT2D eigenvalue weighted by Crippen LogP contribution is 2.22. The molecule has 0 unspecified atom stereocenters. The first kappa shape index (κ1) is 19.8. The highest BCUT2D eigenvalue weighted by Gasteiger charge is 2.23. The van der Waals surface area contributed by atoms with E-state index in [0.717, 1.165) is 55.2 Å². The van der Waals surface area contributed by atoms with Gasteiger partial charge in [0.25, 0.3) is 0 Å². The van der Waals surface area contributed by atoms with Crippen LogP contribution in [0.4, 0.5) is 11.6 Å². The summed E-state index contributed by atoms with van der Waals surface area (Å²) in [5, 5.41) is 3.26. The van der Waals surface area contributed by atoms with Crippen LogP contribution in [-0.2, 0) is 11.2 Å². The molecule has 1 amide bonds. The fraction of sp³-hybridized carbons (Fsp3) is 0.304. The number of carbonyl (C=O) groups is 1. The van der Waals surface area contributed by atoms with Crippen molar-refractivity contribution in [2.45, 2.75) is 26.2 Å². The number of hydrogen-bond acceptors (Lipinski definition) is 6. The molecule has 0 aromatic carbocycles. The fourth-order valence-corrected chi connectivity index (χ4v) is 3.69. The number of carbonyl (C=O) groups excluding carboxylic acids is 1. The van der Waals surface area contributed by atoms with Crippen LogP contribution < -0.4 is 5.32 Å². The lowest BCUT2D eigenvalue weighted by Crippen LogP contribution is -2.39. The molecule has 30 heavy (non-hydrogen) atoms. The molecule has 3 aromatic rings. The van der Waals surface area contributed by atoms with E-state index in [2.05, 4.69) is 20.3 Å². The molecule has 1 aliphatic heterocycles. The summed E-state index contributed by atoms with van der Waals surface area (Å²) >= 11 is 0. The summed E-state index contributed by atoms with van der Waals surface area (Å²) in [5.41, 5.74) is 2.02. The molecule has 154 valence electrons. The molecule has 7 nitrogen and oxygen atoms in total. The van der Waals surface area contributed by atoms with Crippen LogP contribution in [0.15, 0.2) is 59.6 Å². The molecular formula is C23H25N5O2. The number of nitrogens with one attached hydrogen (secondary N) is 1. The van der Waals surface area contributed by atoms with Crippen LogP contribution in [0.2, 0.25) is 0 Å². The van der Waals surface area contributed by atoms with E-state index >= 15 is 0 Å². The third-order valence-corrected chi connectivity index (χ3v) is 5.24.